The van der Waals surface area contributed by atoms with Crippen LogP contribution in [-0.2, 0) is 0 Å². The van der Waals surface area contributed by atoms with Crippen molar-refractivity contribution >= 4 is 12.2 Å². The van der Waals surface area contributed by atoms with Gasteiger partial charge in [0.15, 0.2) is 0 Å². The van der Waals surface area contributed by atoms with E-state index >= 15 is 0 Å². The van der Waals surface area contributed by atoms with Crippen molar-refractivity contribution in [2.75, 3.05) is 0 Å². The zero-order valence-electron chi connectivity index (χ0n) is 11.8. The maximum Gasteiger partial charge on any atom is 0.119 e. The molecule has 21 heavy (non-hydrogen) atoms. The standard InChI is InChI=1S/C18H18O3/c1-2-13(3-4-14-5-7-16(19)8-6-14)9-15-10-17(20)12-18(21)11-15/h3-12,19-21H,2H2,1H3. The van der Waals surface area contributed by atoms with Gasteiger partial charge in [0.2, 0.25) is 0 Å². The number of hydrogen-bond donors (Lipinski definition) is 3. The molecule has 0 aliphatic carbocycles. The van der Waals surface area contributed by atoms with Gasteiger partial charge in [-0.15, -0.1) is 0 Å². The van der Waals surface area contributed by atoms with Crippen molar-refractivity contribution in [3.05, 3.63) is 65.2 Å². The third-order valence-electron chi connectivity index (χ3n) is 3.07. The molecule has 2 aromatic rings. The maximum absolute atomic E-state index is 9.48. The van der Waals surface area contributed by atoms with Crippen LogP contribution in [0.4, 0.5) is 0 Å². The van der Waals surface area contributed by atoms with Crippen molar-refractivity contribution in [2.24, 2.45) is 0 Å². The summed E-state index contributed by atoms with van der Waals surface area (Å²) in [5, 5.41) is 28.2. The van der Waals surface area contributed by atoms with Crippen molar-refractivity contribution in [1.82, 2.24) is 0 Å². The predicted molar refractivity (Wildman–Crippen MR) is 85.2 cm³/mol. The van der Waals surface area contributed by atoms with Gasteiger partial charge in [-0.2, -0.15) is 0 Å². The molecule has 0 radical (unpaired) electrons. The van der Waals surface area contributed by atoms with E-state index in [-0.39, 0.29) is 17.2 Å². The molecule has 3 heteroatoms. The van der Waals surface area contributed by atoms with Gasteiger partial charge in [-0.3, -0.25) is 0 Å². The fourth-order valence-corrected chi connectivity index (χ4v) is 1.97. The van der Waals surface area contributed by atoms with E-state index in [0.717, 1.165) is 23.1 Å². The van der Waals surface area contributed by atoms with Crippen molar-refractivity contribution < 1.29 is 15.3 Å². The van der Waals surface area contributed by atoms with Crippen molar-refractivity contribution in [2.45, 2.75) is 13.3 Å². The van der Waals surface area contributed by atoms with Crippen LogP contribution < -0.4 is 0 Å². The Labute approximate surface area is 124 Å². The molecule has 0 aliphatic heterocycles. The van der Waals surface area contributed by atoms with Gasteiger partial charge in [0.05, 0.1) is 0 Å². The van der Waals surface area contributed by atoms with E-state index in [1.807, 2.05) is 37.3 Å². The summed E-state index contributed by atoms with van der Waals surface area (Å²) in [6.07, 6.45) is 6.67. The van der Waals surface area contributed by atoms with Crippen molar-refractivity contribution in [3.63, 3.8) is 0 Å². The number of phenolic OH excluding ortho intramolecular Hbond substituents is 3. The number of benzene rings is 2. The van der Waals surface area contributed by atoms with Gasteiger partial charge in [-0.25, -0.2) is 0 Å². The molecule has 0 aliphatic rings. The minimum atomic E-state index is 0.0409. The van der Waals surface area contributed by atoms with Crippen LogP contribution in [0.2, 0.25) is 0 Å². The average Bonchev–Trinajstić information content (AvgIpc) is 2.44. The Morgan fingerprint density at radius 1 is 0.857 bits per heavy atom. The molecule has 3 nitrogen and oxygen atoms in total. The van der Waals surface area contributed by atoms with Gasteiger partial charge < -0.3 is 15.3 Å². The number of aromatic hydroxyl groups is 3. The van der Waals surface area contributed by atoms with Crippen LogP contribution in [0.1, 0.15) is 24.5 Å². The minimum absolute atomic E-state index is 0.0409. The van der Waals surface area contributed by atoms with E-state index in [4.69, 9.17) is 0 Å². The first-order valence-electron chi connectivity index (χ1n) is 6.77. The molecule has 0 unspecified atom stereocenters. The number of phenols is 3. The maximum atomic E-state index is 9.48. The van der Waals surface area contributed by atoms with E-state index in [0.29, 0.717) is 0 Å². The summed E-state index contributed by atoms with van der Waals surface area (Å²) >= 11 is 0. The van der Waals surface area contributed by atoms with Gasteiger partial charge in [0.1, 0.15) is 17.2 Å². The molecule has 0 spiro atoms. The van der Waals surface area contributed by atoms with Crippen LogP contribution in [0.25, 0.3) is 12.2 Å². The molecule has 0 saturated carbocycles. The highest BCUT2D eigenvalue weighted by atomic mass is 16.3. The first-order valence-corrected chi connectivity index (χ1v) is 6.77. The zero-order valence-corrected chi connectivity index (χ0v) is 11.8. The lowest BCUT2D eigenvalue weighted by Gasteiger charge is -2.02. The second-order valence-electron chi connectivity index (χ2n) is 4.78. The Morgan fingerprint density at radius 3 is 2.05 bits per heavy atom. The molecule has 2 aromatic carbocycles. The number of hydrogen-bond acceptors (Lipinski definition) is 3. The molecule has 0 heterocycles. The van der Waals surface area contributed by atoms with Crippen LogP contribution in [0.5, 0.6) is 17.2 Å². The van der Waals surface area contributed by atoms with Gasteiger partial charge in [-0.05, 0) is 47.4 Å². The lowest BCUT2D eigenvalue weighted by molar-refractivity contribution is 0.450. The molecule has 108 valence electrons. The van der Waals surface area contributed by atoms with Gasteiger partial charge in [0.25, 0.3) is 0 Å². The van der Waals surface area contributed by atoms with Gasteiger partial charge in [0, 0.05) is 6.07 Å². The monoisotopic (exact) mass is 282 g/mol. The quantitative estimate of drug-likeness (QED) is 0.732. The van der Waals surface area contributed by atoms with Crippen LogP contribution in [0.15, 0.2) is 54.1 Å². The molecule has 0 amide bonds. The summed E-state index contributed by atoms with van der Waals surface area (Å²) in [6.45, 7) is 2.04. The number of allylic oxidation sites excluding steroid dienone is 2. The molecule has 2 rings (SSSR count). The first kappa shape index (κ1) is 14.7. The van der Waals surface area contributed by atoms with E-state index in [1.165, 1.54) is 6.07 Å². The topological polar surface area (TPSA) is 60.7 Å². The summed E-state index contributed by atoms with van der Waals surface area (Å²) in [5.41, 5.74) is 2.80. The highest BCUT2D eigenvalue weighted by Crippen LogP contribution is 2.23. The smallest absolute Gasteiger partial charge is 0.119 e. The molecule has 0 saturated heterocycles. The highest BCUT2D eigenvalue weighted by Gasteiger charge is 1.98. The van der Waals surface area contributed by atoms with Crippen molar-refractivity contribution in [3.8, 4) is 17.2 Å². The van der Waals surface area contributed by atoms with E-state index in [2.05, 4.69) is 0 Å². The van der Waals surface area contributed by atoms with Gasteiger partial charge in [-0.1, -0.05) is 37.3 Å². The lowest BCUT2D eigenvalue weighted by Crippen LogP contribution is -1.79. The Morgan fingerprint density at radius 2 is 1.48 bits per heavy atom. The lowest BCUT2D eigenvalue weighted by atomic mass is 10.1. The predicted octanol–water partition coefficient (Wildman–Crippen LogP) is 4.31. The fourth-order valence-electron chi connectivity index (χ4n) is 1.97. The SMILES string of the molecule is CCC(C=Cc1ccc(O)cc1)=Cc1cc(O)cc(O)c1. The Bertz CT molecular complexity index is 647. The average molecular weight is 282 g/mol. The summed E-state index contributed by atoms with van der Waals surface area (Å²) in [4.78, 5) is 0. The molecule has 0 atom stereocenters. The summed E-state index contributed by atoms with van der Waals surface area (Å²) in [7, 11) is 0. The largest absolute Gasteiger partial charge is 0.508 e. The molecule has 3 N–H and O–H groups in total. The Balaban J connectivity index is 2.22. The van der Waals surface area contributed by atoms with E-state index in [9.17, 15) is 15.3 Å². The van der Waals surface area contributed by atoms with E-state index in [1.54, 1.807) is 24.3 Å². The molecular formula is C18H18O3. The van der Waals surface area contributed by atoms with Crippen LogP contribution in [0, 0.1) is 0 Å². The third-order valence-corrected chi connectivity index (χ3v) is 3.07. The molecular weight excluding hydrogens is 264 g/mol. The van der Waals surface area contributed by atoms with Crippen LogP contribution in [0.3, 0.4) is 0 Å². The minimum Gasteiger partial charge on any atom is -0.508 e. The van der Waals surface area contributed by atoms with E-state index < -0.39 is 0 Å². The fraction of sp³-hybridized carbons (Fsp3) is 0.111. The van der Waals surface area contributed by atoms with Crippen molar-refractivity contribution in [1.29, 1.82) is 0 Å². The molecule has 0 bridgehead atoms. The van der Waals surface area contributed by atoms with Gasteiger partial charge >= 0.3 is 0 Å². The summed E-state index contributed by atoms with van der Waals surface area (Å²) < 4.78 is 0. The second kappa shape index (κ2) is 6.66. The Hall–Kier alpha value is -2.68. The number of rotatable bonds is 4. The molecule has 0 fully saturated rings. The Kier molecular flexibility index (Phi) is 4.67. The third kappa shape index (κ3) is 4.42. The zero-order chi connectivity index (χ0) is 15.2. The second-order valence-corrected chi connectivity index (χ2v) is 4.78. The first-order chi connectivity index (χ1) is 10.1. The summed E-state index contributed by atoms with van der Waals surface area (Å²) in [5.74, 6) is 0.326. The molecule has 0 aromatic heterocycles. The highest BCUT2D eigenvalue weighted by molar-refractivity contribution is 5.63. The normalized spacial score (nSPS) is 12.0. The van der Waals surface area contributed by atoms with Crippen LogP contribution in [-0.4, -0.2) is 15.3 Å². The van der Waals surface area contributed by atoms with Crippen LogP contribution >= 0.6 is 0 Å². The summed E-state index contributed by atoms with van der Waals surface area (Å²) in [6, 6.07) is 11.5.